The molecular weight excluding hydrogens is 369 g/mol. The second-order valence-corrected chi connectivity index (χ2v) is 7.49. The molecule has 2 heterocycles. The molecule has 0 saturated carbocycles. The molecule has 0 aliphatic carbocycles. The van der Waals surface area contributed by atoms with Crippen LogP contribution in [-0.4, -0.2) is 37.2 Å². The Hall–Kier alpha value is -2.99. The molecule has 6 heteroatoms. The van der Waals surface area contributed by atoms with E-state index in [2.05, 4.69) is 10.3 Å². The van der Waals surface area contributed by atoms with E-state index in [0.29, 0.717) is 43.2 Å². The average molecular weight is 393 g/mol. The molecule has 1 aliphatic rings. The van der Waals surface area contributed by atoms with Gasteiger partial charge in [0.1, 0.15) is 5.82 Å². The Balaban J connectivity index is 1.62. The lowest BCUT2D eigenvalue weighted by Gasteiger charge is -2.29. The molecule has 4 rings (SSSR count). The number of aromatic nitrogens is 1. The highest BCUT2D eigenvalue weighted by Crippen LogP contribution is 2.26. The van der Waals surface area contributed by atoms with Gasteiger partial charge in [-0.3, -0.25) is 9.78 Å². The van der Waals surface area contributed by atoms with Crippen LogP contribution in [0.4, 0.5) is 15.8 Å². The Morgan fingerprint density at radius 2 is 1.90 bits per heavy atom. The van der Waals surface area contributed by atoms with Crippen molar-refractivity contribution in [3.63, 3.8) is 0 Å². The molecular formula is C23H24FN3O2. The van der Waals surface area contributed by atoms with Gasteiger partial charge in [0.05, 0.1) is 30.0 Å². The summed E-state index contributed by atoms with van der Waals surface area (Å²) in [6.45, 7) is 6.57. The second kappa shape index (κ2) is 8.17. The van der Waals surface area contributed by atoms with E-state index in [1.54, 1.807) is 12.1 Å². The van der Waals surface area contributed by atoms with Gasteiger partial charge in [-0.1, -0.05) is 32.0 Å². The number of carbonyl (C=O) groups is 1. The van der Waals surface area contributed by atoms with Crippen molar-refractivity contribution in [3.8, 4) is 0 Å². The van der Waals surface area contributed by atoms with Gasteiger partial charge in [-0.05, 0) is 36.2 Å². The third kappa shape index (κ3) is 4.07. The van der Waals surface area contributed by atoms with Crippen molar-refractivity contribution in [3.05, 3.63) is 65.6 Å². The number of halogens is 1. The topological polar surface area (TPSA) is 54.5 Å². The summed E-state index contributed by atoms with van der Waals surface area (Å²) in [6, 6.07) is 14.2. The van der Waals surface area contributed by atoms with Crippen molar-refractivity contribution in [1.29, 1.82) is 0 Å². The first kappa shape index (κ1) is 19.3. The molecule has 0 spiro atoms. The van der Waals surface area contributed by atoms with Crippen LogP contribution in [0.5, 0.6) is 0 Å². The fraction of sp³-hybridized carbons (Fsp3) is 0.304. The largest absolute Gasteiger partial charge is 0.378 e. The maximum absolute atomic E-state index is 14.7. The predicted molar refractivity (Wildman–Crippen MR) is 113 cm³/mol. The van der Waals surface area contributed by atoms with Crippen LogP contribution in [0.2, 0.25) is 0 Å². The number of pyridine rings is 1. The van der Waals surface area contributed by atoms with Crippen molar-refractivity contribution in [1.82, 2.24) is 4.98 Å². The highest BCUT2D eigenvalue weighted by Gasteiger charge is 2.18. The van der Waals surface area contributed by atoms with Crippen LogP contribution >= 0.6 is 0 Å². The second-order valence-electron chi connectivity index (χ2n) is 7.49. The number of rotatable bonds is 4. The predicted octanol–water partition coefficient (Wildman–Crippen LogP) is 4.59. The maximum Gasteiger partial charge on any atom is 0.256 e. The molecule has 29 heavy (non-hydrogen) atoms. The SMILES string of the molecule is CC(C)c1cc(C(=O)Nc2ccc(N3CCOCC3)c(F)c2)c2ccccc2n1. The Labute approximate surface area is 169 Å². The van der Waals surface area contributed by atoms with Gasteiger partial charge < -0.3 is 15.0 Å². The average Bonchev–Trinajstić information content (AvgIpc) is 2.73. The number of anilines is 2. The van der Waals surface area contributed by atoms with E-state index in [1.807, 2.05) is 49.1 Å². The number of ether oxygens (including phenoxy) is 1. The van der Waals surface area contributed by atoms with Crippen molar-refractivity contribution in [2.24, 2.45) is 0 Å². The minimum absolute atomic E-state index is 0.191. The molecule has 1 N–H and O–H groups in total. The van der Waals surface area contributed by atoms with E-state index in [9.17, 15) is 9.18 Å². The van der Waals surface area contributed by atoms with Gasteiger partial charge >= 0.3 is 0 Å². The van der Waals surface area contributed by atoms with Crippen LogP contribution in [0.15, 0.2) is 48.5 Å². The van der Waals surface area contributed by atoms with E-state index < -0.39 is 0 Å². The molecule has 0 bridgehead atoms. The summed E-state index contributed by atoms with van der Waals surface area (Å²) in [7, 11) is 0. The van der Waals surface area contributed by atoms with Gasteiger partial charge in [0.15, 0.2) is 0 Å². The molecule has 150 valence electrons. The first-order valence-electron chi connectivity index (χ1n) is 9.86. The standard InChI is InChI=1S/C23H24FN3O2/c1-15(2)21-14-18(17-5-3-4-6-20(17)26-21)23(28)25-16-7-8-22(19(24)13-16)27-9-11-29-12-10-27/h3-8,13-15H,9-12H2,1-2H3,(H,25,28). The molecule has 1 aromatic heterocycles. The highest BCUT2D eigenvalue weighted by atomic mass is 19.1. The summed E-state index contributed by atoms with van der Waals surface area (Å²) in [4.78, 5) is 19.6. The lowest BCUT2D eigenvalue weighted by molar-refractivity contribution is 0.102. The zero-order valence-corrected chi connectivity index (χ0v) is 16.6. The van der Waals surface area contributed by atoms with Gasteiger partial charge in [0, 0.05) is 29.9 Å². The smallest absolute Gasteiger partial charge is 0.256 e. The minimum Gasteiger partial charge on any atom is -0.378 e. The Bertz CT molecular complexity index is 1050. The van der Waals surface area contributed by atoms with Gasteiger partial charge in [-0.15, -0.1) is 0 Å². The van der Waals surface area contributed by atoms with Gasteiger partial charge in [-0.25, -0.2) is 4.39 Å². The third-order valence-corrected chi connectivity index (χ3v) is 5.13. The summed E-state index contributed by atoms with van der Waals surface area (Å²) in [5.74, 6) is -0.437. The molecule has 1 aliphatic heterocycles. The van der Waals surface area contributed by atoms with E-state index in [4.69, 9.17) is 4.74 Å². The number of benzene rings is 2. The fourth-order valence-electron chi connectivity index (χ4n) is 3.52. The number of nitrogens with one attached hydrogen (secondary N) is 1. The van der Waals surface area contributed by atoms with Crippen molar-refractivity contribution >= 4 is 28.2 Å². The first-order valence-corrected chi connectivity index (χ1v) is 9.86. The van der Waals surface area contributed by atoms with Gasteiger partial charge in [0.2, 0.25) is 0 Å². The van der Waals surface area contributed by atoms with Crippen molar-refractivity contribution in [2.45, 2.75) is 19.8 Å². The monoisotopic (exact) mass is 393 g/mol. The molecule has 1 fully saturated rings. The molecule has 0 unspecified atom stereocenters. The number of hydrogen-bond acceptors (Lipinski definition) is 4. The lowest BCUT2D eigenvalue weighted by atomic mass is 10.0. The van der Waals surface area contributed by atoms with E-state index in [0.717, 1.165) is 16.6 Å². The van der Waals surface area contributed by atoms with Crippen LogP contribution in [0.1, 0.15) is 35.8 Å². The Kier molecular flexibility index (Phi) is 5.45. The van der Waals surface area contributed by atoms with E-state index >= 15 is 0 Å². The molecule has 5 nitrogen and oxygen atoms in total. The number of carbonyl (C=O) groups excluding carboxylic acids is 1. The first-order chi connectivity index (χ1) is 14.0. The number of amides is 1. The third-order valence-electron chi connectivity index (χ3n) is 5.13. The van der Waals surface area contributed by atoms with Crippen LogP contribution in [0, 0.1) is 5.82 Å². The quantitative estimate of drug-likeness (QED) is 0.705. The Morgan fingerprint density at radius 1 is 1.14 bits per heavy atom. The summed E-state index contributed by atoms with van der Waals surface area (Å²) in [5, 5.41) is 3.62. The maximum atomic E-state index is 14.7. The Morgan fingerprint density at radius 3 is 2.62 bits per heavy atom. The highest BCUT2D eigenvalue weighted by molar-refractivity contribution is 6.12. The van der Waals surface area contributed by atoms with Gasteiger partial charge in [-0.2, -0.15) is 0 Å². The lowest BCUT2D eigenvalue weighted by Crippen LogP contribution is -2.36. The van der Waals surface area contributed by atoms with Gasteiger partial charge in [0.25, 0.3) is 5.91 Å². The van der Waals surface area contributed by atoms with Crippen molar-refractivity contribution in [2.75, 3.05) is 36.5 Å². The van der Waals surface area contributed by atoms with Crippen molar-refractivity contribution < 1.29 is 13.9 Å². The van der Waals surface area contributed by atoms with Crippen LogP contribution < -0.4 is 10.2 Å². The fourth-order valence-corrected chi connectivity index (χ4v) is 3.52. The number of hydrogen-bond donors (Lipinski definition) is 1. The summed E-state index contributed by atoms with van der Waals surface area (Å²) in [5.41, 5.74) is 3.12. The molecule has 0 radical (unpaired) electrons. The number of nitrogens with zero attached hydrogens (tertiary/aromatic N) is 2. The van der Waals surface area contributed by atoms with Crippen LogP contribution in [-0.2, 0) is 4.74 Å². The molecule has 1 saturated heterocycles. The number of para-hydroxylation sites is 1. The minimum atomic E-state index is -0.354. The number of morpholine rings is 1. The van der Waals surface area contributed by atoms with Crippen LogP contribution in [0.25, 0.3) is 10.9 Å². The van der Waals surface area contributed by atoms with E-state index in [1.165, 1.54) is 6.07 Å². The zero-order chi connectivity index (χ0) is 20.4. The molecule has 2 aromatic carbocycles. The van der Waals surface area contributed by atoms with E-state index in [-0.39, 0.29) is 17.6 Å². The number of fused-ring (bicyclic) bond motifs is 1. The molecule has 1 amide bonds. The zero-order valence-electron chi connectivity index (χ0n) is 16.6. The summed E-state index contributed by atoms with van der Waals surface area (Å²) >= 11 is 0. The summed E-state index contributed by atoms with van der Waals surface area (Å²) < 4.78 is 20.0. The normalized spacial score (nSPS) is 14.4. The van der Waals surface area contributed by atoms with Crippen LogP contribution in [0.3, 0.4) is 0 Å². The summed E-state index contributed by atoms with van der Waals surface area (Å²) in [6.07, 6.45) is 0. The molecule has 0 atom stereocenters. The molecule has 3 aromatic rings.